The fraction of sp³-hybridized carbons (Fsp3) is 0.400. The van der Waals surface area contributed by atoms with Gasteiger partial charge in [-0.15, -0.1) is 0 Å². The number of para-hydroxylation sites is 2. The minimum atomic E-state index is 0.437. The minimum absolute atomic E-state index is 0.437. The van der Waals surface area contributed by atoms with E-state index in [0.29, 0.717) is 6.17 Å². The van der Waals surface area contributed by atoms with Gasteiger partial charge in [0.1, 0.15) is 0 Å². The smallest absolute Gasteiger partial charge is 0.0962 e. The first-order valence-electron chi connectivity index (χ1n) is 4.45. The van der Waals surface area contributed by atoms with E-state index in [1.54, 1.807) is 0 Å². The summed E-state index contributed by atoms with van der Waals surface area (Å²) in [6.45, 7) is 5.43. The van der Waals surface area contributed by atoms with E-state index in [4.69, 9.17) is 0 Å². The molecular formula is C10H14N2. The van der Waals surface area contributed by atoms with Gasteiger partial charge >= 0.3 is 0 Å². The van der Waals surface area contributed by atoms with E-state index < -0.39 is 0 Å². The molecule has 0 saturated carbocycles. The molecule has 0 bridgehead atoms. The Labute approximate surface area is 73.2 Å². The Morgan fingerprint density at radius 2 is 2.17 bits per heavy atom. The molecule has 1 unspecified atom stereocenters. The lowest BCUT2D eigenvalue weighted by Crippen LogP contribution is -2.32. The summed E-state index contributed by atoms with van der Waals surface area (Å²) in [6.07, 6.45) is 0.437. The van der Waals surface area contributed by atoms with E-state index in [-0.39, 0.29) is 0 Å². The predicted octanol–water partition coefficient (Wildman–Crippen LogP) is 2.28. The second-order valence-corrected chi connectivity index (χ2v) is 3.12. The summed E-state index contributed by atoms with van der Waals surface area (Å²) in [4.78, 5) is 2.36. The molecule has 0 spiro atoms. The van der Waals surface area contributed by atoms with Crippen LogP contribution >= 0.6 is 0 Å². The second kappa shape index (κ2) is 2.70. The number of hydrogen-bond donors (Lipinski definition) is 1. The number of rotatable bonds is 1. The van der Waals surface area contributed by atoms with Gasteiger partial charge in [0.05, 0.1) is 17.5 Å². The topological polar surface area (TPSA) is 15.3 Å². The lowest BCUT2D eigenvalue weighted by Gasteiger charge is -2.21. The summed E-state index contributed by atoms with van der Waals surface area (Å²) in [5.74, 6) is 0. The van der Waals surface area contributed by atoms with E-state index >= 15 is 0 Å². The van der Waals surface area contributed by atoms with Gasteiger partial charge in [-0.1, -0.05) is 12.1 Å². The fourth-order valence-electron chi connectivity index (χ4n) is 1.80. The Kier molecular flexibility index (Phi) is 1.68. The Balaban J connectivity index is 2.40. The Bertz CT molecular complexity index is 283. The second-order valence-electron chi connectivity index (χ2n) is 3.12. The highest BCUT2D eigenvalue weighted by molar-refractivity contribution is 5.75. The molecule has 1 aromatic carbocycles. The molecular weight excluding hydrogens is 148 g/mol. The van der Waals surface area contributed by atoms with Gasteiger partial charge in [-0.25, -0.2) is 0 Å². The van der Waals surface area contributed by atoms with E-state index in [0.717, 1.165) is 6.54 Å². The molecule has 0 aromatic heterocycles. The molecule has 1 atom stereocenters. The summed E-state index contributed by atoms with van der Waals surface area (Å²) in [5, 5.41) is 3.42. The van der Waals surface area contributed by atoms with Gasteiger partial charge < -0.3 is 10.2 Å². The van der Waals surface area contributed by atoms with Gasteiger partial charge in [-0.3, -0.25) is 0 Å². The van der Waals surface area contributed by atoms with Crippen molar-refractivity contribution in [1.82, 2.24) is 0 Å². The average Bonchev–Trinajstić information content (AvgIpc) is 2.40. The molecule has 2 rings (SSSR count). The SMILES string of the molecule is CCN1c2ccccc2NC1C. The molecule has 0 amide bonds. The van der Waals surface area contributed by atoms with Crippen LogP contribution in [0.2, 0.25) is 0 Å². The monoisotopic (exact) mass is 162 g/mol. The standard InChI is InChI=1S/C10H14N2/c1-3-12-8(2)11-9-6-4-5-7-10(9)12/h4-8,11H,3H2,1-2H3. The highest BCUT2D eigenvalue weighted by Crippen LogP contribution is 2.33. The van der Waals surface area contributed by atoms with Crippen LogP contribution in [-0.4, -0.2) is 12.7 Å². The first-order chi connectivity index (χ1) is 5.83. The molecule has 0 fully saturated rings. The summed E-state index contributed by atoms with van der Waals surface area (Å²) >= 11 is 0. The maximum absolute atomic E-state index is 3.42. The van der Waals surface area contributed by atoms with Crippen LogP contribution in [0.5, 0.6) is 0 Å². The molecule has 64 valence electrons. The van der Waals surface area contributed by atoms with Crippen LogP contribution in [0.1, 0.15) is 13.8 Å². The van der Waals surface area contributed by atoms with Crippen LogP contribution in [0, 0.1) is 0 Å². The zero-order chi connectivity index (χ0) is 8.55. The van der Waals surface area contributed by atoms with E-state index in [1.807, 2.05) is 0 Å². The van der Waals surface area contributed by atoms with Gasteiger partial charge in [0.15, 0.2) is 0 Å². The summed E-state index contributed by atoms with van der Waals surface area (Å²) < 4.78 is 0. The largest absolute Gasteiger partial charge is 0.364 e. The Morgan fingerprint density at radius 1 is 1.42 bits per heavy atom. The van der Waals surface area contributed by atoms with Crippen molar-refractivity contribution >= 4 is 11.4 Å². The molecule has 1 aliphatic heterocycles. The van der Waals surface area contributed by atoms with E-state index in [2.05, 4.69) is 48.3 Å². The van der Waals surface area contributed by atoms with Crippen molar-refractivity contribution in [2.24, 2.45) is 0 Å². The molecule has 1 N–H and O–H groups in total. The van der Waals surface area contributed by atoms with Crippen LogP contribution < -0.4 is 10.2 Å². The van der Waals surface area contributed by atoms with Crippen molar-refractivity contribution in [1.29, 1.82) is 0 Å². The fourth-order valence-corrected chi connectivity index (χ4v) is 1.80. The number of nitrogens with one attached hydrogen (secondary N) is 1. The Morgan fingerprint density at radius 3 is 2.92 bits per heavy atom. The molecule has 12 heavy (non-hydrogen) atoms. The zero-order valence-corrected chi connectivity index (χ0v) is 7.54. The number of benzene rings is 1. The van der Waals surface area contributed by atoms with Crippen LogP contribution in [0.15, 0.2) is 24.3 Å². The third kappa shape index (κ3) is 0.951. The number of hydrogen-bond acceptors (Lipinski definition) is 2. The predicted molar refractivity (Wildman–Crippen MR) is 52.5 cm³/mol. The normalized spacial score (nSPS) is 20.5. The highest BCUT2D eigenvalue weighted by atomic mass is 15.3. The molecule has 0 radical (unpaired) electrons. The van der Waals surface area contributed by atoms with Crippen molar-refractivity contribution in [2.75, 3.05) is 16.8 Å². The maximum atomic E-state index is 3.42. The van der Waals surface area contributed by atoms with Gasteiger partial charge in [0.2, 0.25) is 0 Å². The maximum Gasteiger partial charge on any atom is 0.0962 e. The zero-order valence-electron chi connectivity index (χ0n) is 7.54. The first-order valence-corrected chi connectivity index (χ1v) is 4.45. The number of anilines is 2. The first kappa shape index (κ1) is 7.47. The molecule has 0 saturated heterocycles. The van der Waals surface area contributed by atoms with Gasteiger partial charge in [0, 0.05) is 6.54 Å². The van der Waals surface area contributed by atoms with Crippen molar-refractivity contribution < 1.29 is 0 Å². The van der Waals surface area contributed by atoms with Crippen molar-refractivity contribution in [3.63, 3.8) is 0 Å². The van der Waals surface area contributed by atoms with Crippen LogP contribution in [-0.2, 0) is 0 Å². The summed E-state index contributed by atoms with van der Waals surface area (Å²) in [6, 6.07) is 8.44. The molecule has 1 aromatic rings. The van der Waals surface area contributed by atoms with Crippen LogP contribution in [0.25, 0.3) is 0 Å². The minimum Gasteiger partial charge on any atom is -0.364 e. The highest BCUT2D eigenvalue weighted by Gasteiger charge is 2.22. The summed E-state index contributed by atoms with van der Waals surface area (Å²) in [7, 11) is 0. The lowest BCUT2D eigenvalue weighted by atomic mass is 10.3. The molecule has 1 aliphatic rings. The van der Waals surface area contributed by atoms with Gasteiger partial charge in [-0.05, 0) is 26.0 Å². The number of fused-ring (bicyclic) bond motifs is 1. The quantitative estimate of drug-likeness (QED) is 0.681. The average molecular weight is 162 g/mol. The van der Waals surface area contributed by atoms with Crippen molar-refractivity contribution in [3.05, 3.63) is 24.3 Å². The third-order valence-corrected chi connectivity index (χ3v) is 2.39. The molecule has 1 heterocycles. The molecule has 2 heteroatoms. The van der Waals surface area contributed by atoms with Gasteiger partial charge in [0.25, 0.3) is 0 Å². The molecule has 2 nitrogen and oxygen atoms in total. The van der Waals surface area contributed by atoms with Crippen molar-refractivity contribution in [3.8, 4) is 0 Å². The van der Waals surface area contributed by atoms with Crippen molar-refractivity contribution in [2.45, 2.75) is 20.0 Å². The molecule has 0 aliphatic carbocycles. The lowest BCUT2D eigenvalue weighted by molar-refractivity contribution is 0.748. The van der Waals surface area contributed by atoms with Crippen LogP contribution in [0.3, 0.4) is 0 Å². The summed E-state index contributed by atoms with van der Waals surface area (Å²) in [5.41, 5.74) is 2.58. The van der Waals surface area contributed by atoms with Crippen LogP contribution in [0.4, 0.5) is 11.4 Å². The van der Waals surface area contributed by atoms with E-state index in [1.165, 1.54) is 11.4 Å². The third-order valence-electron chi connectivity index (χ3n) is 2.39. The van der Waals surface area contributed by atoms with Gasteiger partial charge in [-0.2, -0.15) is 0 Å². The van der Waals surface area contributed by atoms with E-state index in [9.17, 15) is 0 Å². The number of nitrogens with zero attached hydrogens (tertiary/aromatic N) is 1. The Hall–Kier alpha value is -1.18.